The topological polar surface area (TPSA) is 37.0 Å². The van der Waals surface area contributed by atoms with Crippen LogP contribution in [0.3, 0.4) is 0 Å². The van der Waals surface area contributed by atoms with E-state index in [0.29, 0.717) is 0 Å². The molecule has 1 unspecified atom stereocenters. The molecule has 1 atom stereocenters. The van der Waals surface area contributed by atoms with Crippen molar-refractivity contribution in [2.75, 3.05) is 13.2 Å². The summed E-state index contributed by atoms with van der Waals surface area (Å²) in [6.07, 6.45) is 4.36. The third-order valence-electron chi connectivity index (χ3n) is 3.84. The Morgan fingerprint density at radius 1 is 1.47 bits per heavy atom. The Morgan fingerprint density at radius 3 is 3.16 bits per heavy atom. The van der Waals surface area contributed by atoms with Gasteiger partial charge in [-0.15, -0.1) is 0 Å². The van der Waals surface area contributed by atoms with Gasteiger partial charge in [0.15, 0.2) is 0 Å². The van der Waals surface area contributed by atoms with E-state index in [1.807, 2.05) is 18.3 Å². The van der Waals surface area contributed by atoms with Crippen LogP contribution in [0.25, 0.3) is 10.9 Å². The lowest BCUT2D eigenvalue weighted by Crippen LogP contribution is -2.36. The maximum Gasteiger partial charge on any atom is 0.0779 e. The summed E-state index contributed by atoms with van der Waals surface area (Å²) in [5, 5.41) is 5.49. The van der Waals surface area contributed by atoms with Crippen molar-refractivity contribution in [2.45, 2.75) is 31.9 Å². The number of halogens is 1. The van der Waals surface area contributed by atoms with E-state index in [9.17, 15) is 0 Å². The van der Waals surface area contributed by atoms with Gasteiger partial charge in [-0.1, -0.05) is 17.7 Å². The van der Waals surface area contributed by atoms with Crippen LogP contribution < -0.4 is 5.32 Å². The number of aromatic nitrogens is 1. The Morgan fingerprint density at radius 2 is 2.37 bits per heavy atom. The summed E-state index contributed by atoms with van der Waals surface area (Å²) < 4.78 is 5.78. The van der Waals surface area contributed by atoms with E-state index in [2.05, 4.69) is 23.3 Å². The molecule has 0 bridgehead atoms. The van der Waals surface area contributed by atoms with E-state index in [1.165, 1.54) is 17.4 Å². The molecule has 1 aromatic heterocycles. The van der Waals surface area contributed by atoms with Crippen LogP contribution in [-0.2, 0) is 11.3 Å². The standard InChI is InChI=1S/C15H19ClN2O/c1-15(5-2-6-19-15)10-17-8-11-9-18-14-7-12(16)3-4-13(11)14/h3-4,7,9,17-18H,2,5-6,8,10H2,1H3. The molecule has 1 aliphatic rings. The molecule has 102 valence electrons. The minimum absolute atomic E-state index is 0.00934. The Kier molecular flexibility index (Phi) is 3.52. The summed E-state index contributed by atoms with van der Waals surface area (Å²) in [5.41, 5.74) is 2.37. The van der Waals surface area contributed by atoms with E-state index < -0.39 is 0 Å². The lowest BCUT2D eigenvalue weighted by atomic mass is 10.0. The molecule has 0 spiro atoms. The van der Waals surface area contributed by atoms with Gasteiger partial charge in [-0.25, -0.2) is 0 Å². The minimum atomic E-state index is 0.00934. The Bertz CT molecular complexity index is 573. The van der Waals surface area contributed by atoms with Crippen LogP contribution in [-0.4, -0.2) is 23.7 Å². The predicted molar refractivity (Wildman–Crippen MR) is 78.6 cm³/mol. The van der Waals surface area contributed by atoms with E-state index in [0.717, 1.165) is 36.7 Å². The first-order chi connectivity index (χ1) is 9.16. The summed E-state index contributed by atoms with van der Waals surface area (Å²) in [5.74, 6) is 0. The lowest BCUT2D eigenvalue weighted by molar-refractivity contribution is 0.0207. The molecule has 0 saturated carbocycles. The molecule has 1 aromatic carbocycles. The second-order valence-corrected chi connectivity index (χ2v) is 5.95. The molecule has 1 fully saturated rings. The molecule has 3 nitrogen and oxygen atoms in total. The first-order valence-electron chi connectivity index (χ1n) is 6.76. The molecule has 0 amide bonds. The van der Waals surface area contributed by atoms with Crippen molar-refractivity contribution in [1.29, 1.82) is 0 Å². The zero-order chi connectivity index (χ0) is 13.3. The number of nitrogens with one attached hydrogen (secondary N) is 2. The second kappa shape index (κ2) is 5.16. The van der Waals surface area contributed by atoms with Gasteiger partial charge in [0.25, 0.3) is 0 Å². The first kappa shape index (κ1) is 13.0. The fraction of sp³-hybridized carbons (Fsp3) is 0.467. The highest BCUT2D eigenvalue weighted by atomic mass is 35.5. The highest BCUT2D eigenvalue weighted by Gasteiger charge is 2.28. The minimum Gasteiger partial charge on any atom is -0.374 e. The van der Waals surface area contributed by atoms with Crippen molar-refractivity contribution in [3.8, 4) is 0 Å². The van der Waals surface area contributed by atoms with E-state index in [4.69, 9.17) is 16.3 Å². The fourth-order valence-electron chi connectivity index (χ4n) is 2.74. The number of hydrogen-bond donors (Lipinski definition) is 2. The molecule has 1 aliphatic heterocycles. The van der Waals surface area contributed by atoms with Crippen molar-refractivity contribution in [3.05, 3.63) is 35.0 Å². The molecule has 0 radical (unpaired) electrons. The maximum absolute atomic E-state index is 5.98. The summed E-state index contributed by atoms with van der Waals surface area (Å²) in [6.45, 7) is 4.82. The van der Waals surface area contributed by atoms with Crippen molar-refractivity contribution < 1.29 is 4.74 Å². The number of rotatable bonds is 4. The average Bonchev–Trinajstić information content (AvgIpc) is 2.97. The van der Waals surface area contributed by atoms with Crippen molar-refractivity contribution in [3.63, 3.8) is 0 Å². The summed E-state index contributed by atoms with van der Waals surface area (Å²) in [6, 6.07) is 5.96. The van der Waals surface area contributed by atoms with Crippen LogP contribution in [0.5, 0.6) is 0 Å². The second-order valence-electron chi connectivity index (χ2n) is 5.51. The zero-order valence-corrected chi connectivity index (χ0v) is 11.9. The van der Waals surface area contributed by atoms with Gasteiger partial charge in [-0.3, -0.25) is 0 Å². The molecule has 2 heterocycles. The van der Waals surface area contributed by atoms with Gasteiger partial charge in [-0.2, -0.15) is 0 Å². The summed E-state index contributed by atoms with van der Waals surface area (Å²) in [4.78, 5) is 3.26. The van der Waals surface area contributed by atoms with Gasteiger partial charge >= 0.3 is 0 Å². The van der Waals surface area contributed by atoms with Crippen molar-refractivity contribution in [2.24, 2.45) is 0 Å². The Labute approximate surface area is 118 Å². The molecule has 1 saturated heterocycles. The smallest absolute Gasteiger partial charge is 0.0779 e. The first-order valence-corrected chi connectivity index (χ1v) is 7.14. The highest BCUT2D eigenvalue weighted by molar-refractivity contribution is 6.31. The SMILES string of the molecule is CC1(CNCc2c[nH]c3cc(Cl)ccc23)CCCO1. The third-order valence-corrected chi connectivity index (χ3v) is 4.08. The van der Waals surface area contributed by atoms with Crippen LogP contribution in [0, 0.1) is 0 Å². The fourth-order valence-corrected chi connectivity index (χ4v) is 2.91. The molecule has 2 aromatic rings. The van der Waals surface area contributed by atoms with Crippen LogP contribution in [0.1, 0.15) is 25.3 Å². The average molecular weight is 279 g/mol. The van der Waals surface area contributed by atoms with Crippen molar-refractivity contribution in [1.82, 2.24) is 10.3 Å². The molecule has 19 heavy (non-hydrogen) atoms. The van der Waals surface area contributed by atoms with E-state index >= 15 is 0 Å². The Balaban J connectivity index is 1.65. The monoisotopic (exact) mass is 278 g/mol. The van der Waals surface area contributed by atoms with Crippen LogP contribution in [0.2, 0.25) is 5.02 Å². The quantitative estimate of drug-likeness (QED) is 0.898. The number of ether oxygens (including phenoxy) is 1. The van der Waals surface area contributed by atoms with Crippen LogP contribution in [0.4, 0.5) is 0 Å². The van der Waals surface area contributed by atoms with Crippen molar-refractivity contribution >= 4 is 22.5 Å². The largest absolute Gasteiger partial charge is 0.374 e. The Hall–Kier alpha value is -1.03. The number of aromatic amines is 1. The number of H-pyrrole nitrogens is 1. The molecule has 4 heteroatoms. The number of hydrogen-bond acceptors (Lipinski definition) is 2. The molecular weight excluding hydrogens is 260 g/mol. The number of fused-ring (bicyclic) bond motifs is 1. The van der Waals surface area contributed by atoms with Gasteiger partial charge in [0.05, 0.1) is 5.60 Å². The third kappa shape index (κ3) is 2.78. The highest BCUT2D eigenvalue weighted by Crippen LogP contribution is 2.25. The number of benzene rings is 1. The van der Waals surface area contributed by atoms with E-state index in [1.54, 1.807) is 0 Å². The molecule has 2 N–H and O–H groups in total. The lowest BCUT2D eigenvalue weighted by Gasteiger charge is -2.23. The van der Waals surface area contributed by atoms with Gasteiger partial charge in [-0.05, 0) is 37.5 Å². The molecule has 3 rings (SSSR count). The van der Waals surface area contributed by atoms with Gasteiger partial charge in [0.1, 0.15) is 0 Å². The molecular formula is C15H19ClN2O. The summed E-state index contributed by atoms with van der Waals surface area (Å²) in [7, 11) is 0. The predicted octanol–water partition coefficient (Wildman–Crippen LogP) is 3.48. The van der Waals surface area contributed by atoms with Gasteiger partial charge < -0.3 is 15.0 Å². The van der Waals surface area contributed by atoms with Crippen LogP contribution >= 0.6 is 11.6 Å². The molecule has 0 aliphatic carbocycles. The maximum atomic E-state index is 5.98. The summed E-state index contributed by atoms with van der Waals surface area (Å²) >= 11 is 5.98. The van der Waals surface area contributed by atoms with Gasteiger partial charge in [0, 0.05) is 41.8 Å². The van der Waals surface area contributed by atoms with Gasteiger partial charge in [0.2, 0.25) is 0 Å². The van der Waals surface area contributed by atoms with E-state index in [-0.39, 0.29) is 5.60 Å². The zero-order valence-electron chi connectivity index (χ0n) is 11.1. The normalized spacial score (nSPS) is 23.3. The van der Waals surface area contributed by atoms with Crippen LogP contribution in [0.15, 0.2) is 24.4 Å².